The van der Waals surface area contributed by atoms with Crippen molar-refractivity contribution in [2.45, 2.75) is 0 Å². The van der Waals surface area contributed by atoms with Gasteiger partial charge in [-0.25, -0.2) is 4.68 Å². The first-order valence-electron chi connectivity index (χ1n) is 7.20. The second kappa shape index (κ2) is 6.76. The van der Waals surface area contributed by atoms with Crippen LogP contribution in [0.15, 0.2) is 48.5 Å². The number of ether oxygens (including phenoxy) is 2. The van der Waals surface area contributed by atoms with Gasteiger partial charge in [-0.15, -0.1) is 0 Å². The van der Waals surface area contributed by atoms with Crippen LogP contribution in [0.1, 0.15) is 10.4 Å². The molecule has 122 valence electrons. The van der Waals surface area contributed by atoms with E-state index in [1.165, 1.54) is 4.68 Å². The summed E-state index contributed by atoms with van der Waals surface area (Å²) in [4.78, 5) is 11.6. The summed E-state index contributed by atoms with van der Waals surface area (Å²) in [6.07, 6.45) is 0.704. The zero-order valence-corrected chi connectivity index (χ0v) is 13.9. The summed E-state index contributed by atoms with van der Waals surface area (Å²) >= 11 is 6.37. The number of hydrogen-bond donors (Lipinski definition) is 0. The molecule has 24 heavy (non-hydrogen) atoms. The molecule has 1 aromatic heterocycles. The molecule has 1 heterocycles. The van der Waals surface area contributed by atoms with Crippen LogP contribution >= 0.6 is 11.6 Å². The third-order valence-corrected chi connectivity index (χ3v) is 3.97. The smallest absolute Gasteiger partial charge is 0.155 e. The van der Waals surface area contributed by atoms with Crippen LogP contribution in [0.4, 0.5) is 0 Å². The minimum atomic E-state index is 0.257. The normalized spacial score (nSPS) is 10.5. The highest BCUT2D eigenvalue weighted by Gasteiger charge is 2.19. The van der Waals surface area contributed by atoms with E-state index in [-0.39, 0.29) is 5.15 Å². The van der Waals surface area contributed by atoms with E-state index in [1.807, 2.05) is 30.3 Å². The zero-order chi connectivity index (χ0) is 17.1. The minimum Gasteiger partial charge on any atom is -0.497 e. The van der Waals surface area contributed by atoms with Gasteiger partial charge in [0.15, 0.2) is 6.29 Å². The van der Waals surface area contributed by atoms with Gasteiger partial charge in [0.1, 0.15) is 22.3 Å². The number of carbonyl (C=O) groups is 1. The van der Waals surface area contributed by atoms with Gasteiger partial charge in [-0.1, -0.05) is 29.8 Å². The van der Waals surface area contributed by atoms with Crippen molar-refractivity contribution in [2.24, 2.45) is 0 Å². The summed E-state index contributed by atoms with van der Waals surface area (Å²) in [6.45, 7) is 0. The molecule has 0 bridgehead atoms. The Balaban J connectivity index is 2.20. The Hall–Kier alpha value is -2.79. The van der Waals surface area contributed by atoms with Gasteiger partial charge in [0.2, 0.25) is 0 Å². The van der Waals surface area contributed by atoms with Crippen LogP contribution < -0.4 is 9.47 Å². The quantitative estimate of drug-likeness (QED) is 0.657. The van der Waals surface area contributed by atoms with Crippen LogP contribution in [0, 0.1) is 0 Å². The number of hydrogen-bond acceptors (Lipinski definition) is 4. The van der Waals surface area contributed by atoms with E-state index in [9.17, 15) is 4.79 Å². The number of aromatic nitrogens is 2. The Morgan fingerprint density at radius 1 is 1.04 bits per heavy atom. The van der Waals surface area contributed by atoms with E-state index >= 15 is 0 Å². The summed E-state index contributed by atoms with van der Waals surface area (Å²) in [5.74, 6) is 1.21. The summed E-state index contributed by atoms with van der Waals surface area (Å²) in [6, 6.07) is 14.7. The Labute approximate surface area is 144 Å². The van der Waals surface area contributed by atoms with Gasteiger partial charge in [0, 0.05) is 11.6 Å². The van der Waals surface area contributed by atoms with Gasteiger partial charge >= 0.3 is 0 Å². The van der Waals surface area contributed by atoms with Crippen molar-refractivity contribution in [2.75, 3.05) is 14.2 Å². The van der Waals surface area contributed by atoms with E-state index in [4.69, 9.17) is 21.1 Å². The molecule has 0 saturated heterocycles. The first kappa shape index (κ1) is 16.1. The molecule has 6 heteroatoms. The van der Waals surface area contributed by atoms with Crippen molar-refractivity contribution in [1.82, 2.24) is 9.78 Å². The maximum absolute atomic E-state index is 11.6. The van der Waals surface area contributed by atoms with Gasteiger partial charge in [-0.2, -0.15) is 5.10 Å². The fraction of sp³-hybridized carbons (Fsp3) is 0.111. The monoisotopic (exact) mass is 342 g/mol. The third-order valence-electron chi connectivity index (χ3n) is 3.61. The summed E-state index contributed by atoms with van der Waals surface area (Å²) in [5, 5.41) is 4.77. The highest BCUT2D eigenvalue weighted by atomic mass is 35.5. The average molecular weight is 343 g/mol. The molecule has 0 aliphatic carbocycles. The lowest BCUT2D eigenvalue weighted by Gasteiger charge is -2.07. The number of para-hydroxylation sites is 1. The number of carbonyl (C=O) groups excluding carboxylic acids is 1. The highest BCUT2D eigenvalue weighted by molar-refractivity contribution is 6.32. The van der Waals surface area contributed by atoms with Gasteiger partial charge in [-0.05, 0) is 24.3 Å². The Kier molecular flexibility index (Phi) is 4.53. The van der Waals surface area contributed by atoms with Crippen LogP contribution in [-0.2, 0) is 0 Å². The maximum atomic E-state index is 11.6. The number of nitrogens with zero attached hydrogens (tertiary/aromatic N) is 2. The Morgan fingerprint density at radius 2 is 1.67 bits per heavy atom. The molecule has 0 N–H and O–H groups in total. The van der Waals surface area contributed by atoms with Gasteiger partial charge in [-0.3, -0.25) is 4.79 Å². The molecule has 5 nitrogen and oxygen atoms in total. The first-order valence-corrected chi connectivity index (χ1v) is 7.58. The molecule has 3 aromatic rings. The second-order valence-corrected chi connectivity index (χ2v) is 5.38. The number of rotatable bonds is 5. The lowest BCUT2D eigenvalue weighted by atomic mass is 10.1. The molecular weight excluding hydrogens is 328 g/mol. The molecule has 0 atom stereocenters. The summed E-state index contributed by atoms with van der Waals surface area (Å²) < 4.78 is 12.1. The SMILES string of the molecule is COc1cc(OC)cc(-c2nn(-c3ccccc3)c(Cl)c2C=O)c1. The minimum absolute atomic E-state index is 0.257. The molecule has 0 unspecified atom stereocenters. The van der Waals surface area contributed by atoms with E-state index in [0.717, 1.165) is 5.69 Å². The lowest BCUT2D eigenvalue weighted by molar-refractivity contribution is 0.112. The molecule has 2 aromatic carbocycles. The van der Waals surface area contributed by atoms with E-state index in [2.05, 4.69) is 5.10 Å². The molecule has 0 aliphatic rings. The van der Waals surface area contributed by atoms with Crippen molar-refractivity contribution < 1.29 is 14.3 Å². The van der Waals surface area contributed by atoms with Crippen molar-refractivity contribution in [3.63, 3.8) is 0 Å². The summed E-state index contributed by atoms with van der Waals surface area (Å²) in [5.41, 5.74) is 2.24. The molecule has 0 fully saturated rings. The number of benzene rings is 2. The Morgan fingerprint density at radius 3 is 2.21 bits per heavy atom. The highest BCUT2D eigenvalue weighted by Crippen LogP contribution is 2.34. The van der Waals surface area contributed by atoms with Crippen molar-refractivity contribution in [3.8, 4) is 28.4 Å². The second-order valence-electron chi connectivity index (χ2n) is 5.02. The van der Waals surface area contributed by atoms with Gasteiger partial charge < -0.3 is 9.47 Å². The molecule has 0 amide bonds. The molecular formula is C18H15ClN2O3. The van der Waals surface area contributed by atoms with Crippen LogP contribution in [0.25, 0.3) is 16.9 Å². The van der Waals surface area contributed by atoms with Crippen LogP contribution in [-0.4, -0.2) is 30.3 Å². The fourth-order valence-corrected chi connectivity index (χ4v) is 2.68. The standard InChI is InChI=1S/C18H15ClN2O3/c1-23-14-8-12(9-15(10-14)24-2)17-16(11-22)18(19)21(20-17)13-6-4-3-5-7-13/h3-11H,1-2H3. The van der Waals surface area contributed by atoms with E-state index < -0.39 is 0 Å². The maximum Gasteiger partial charge on any atom is 0.155 e. The van der Waals surface area contributed by atoms with Crippen molar-refractivity contribution in [3.05, 3.63) is 59.2 Å². The van der Waals surface area contributed by atoms with Crippen molar-refractivity contribution >= 4 is 17.9 Å². The zero-order valence-electron chi connectivity index (χ0n) is 13.2. The third kappa shape index (κ3) is 2.86. The molecule has 0 saturated carbocycles. The predicted octanol–water partition coefficient (Wildman–Crippen LogP) is 4.02. The van der Waals surface area contributed by atoms with Gasteiger partial charge in [0.05, 0.1) is 25.5 Å². The average Bonchev–Trinajstić information content (AvgIpc) is 2.98. The molecule has 0 spiro atoms. The first-order chi connectivity index (χ1) is 11.7. The number of methoxy groups -OCH3 is 2. The number of aldehydes is 1. The largest absolute Gasteiger partial charge is 0.497 e. The fourth-order valence-electron chi connectivity index (χ4n) is 2.41. The van der Waals surface area contributed by atoms with Crippen LogP contribution in [0.2, 0.25) is 5.15 Å². The lowest BCUT2D eigenvalue weighted by Crippen LogP contribution is -1.96. The molecule has 0 radical (unpaired) electrons. The van der Waals surface area contributed by atoms with Crippen LogP contribution in [0.3, 0.4) is 0 Å². The molecule has 0 aliphatic heterocycles. The predicted molar refractivity (Wildman–Crippen MR) is 92.5 cm³/mol. The summed E-state index contributed by atoms with van der Waals surface area (Å²) in [7, 11) is 3.13. The van der Waals surface area contributed by atoms with E-state index in [1.54, 1.807) is 32.4 Å². The van der Waals surface area contributed by atoms with Crippen molar-refractivity contribution in [1.29, 1.82) is 0 Å². The van der Waals surface area contributed by atoms with Crippen LogP contribution in [0.5, 0.6) is 11.5 Å². The number of halogens is 1. The van der Waals surface area contributed by atoms with E-state index in [0.29, 0.717) is 34.6 Å². The topological polar surface area (TPSA) is 53.4 Å². The Bertz CT molecular complexity index is 853. The molecule has 3 rings (SSSR count). The van der Waals surface area contributed by atoms with Gasteiger partial charge in [0.25, 0.3) is 0 Å².